The molecule has 0 saturated heterocycles. The van der Waals surface area contributed by atoms with Crippen LogP contribution in [0.15, 0.2) is 0 Å². The minimum Gasteiger partial charge on any atom is -0.461 e. The van der Waals surface area contributed by atoms with Gasteiger partial charge in [0.2, 0.25) is 5.91 Å². The summed E-state index contributed by atoms with van der Waals surface area (Å²) in [6.07, 6.45) is 0. The molecule has 0 aliphatic heterocycles. The van der Waals surface area contributed by atoms with Crippen LogP contribution in [-0.4, -0.2) is 46.7 Å². The Morgan fingerprint density at radius 1 is 1.17 bits per heavy atom. The summed E-state index contributed by atoms with van der Waals surface area (Å²) in [5, 5.41) is 0. The zero-order chi connectivity index (χ0) is 18.6. The Hall–Kier alpha value is -2.11. The molecule has 0 spiro atoms. The van der Waals surface area contributed by atoms with Crippen molar-refractivity contribution in [1.82, 2.24) is 9.88 Å². The monoisotopic (exact) mass is 336 g/mol. The Kier molecular flexibility index (Phi) is 6.75. The van der Waals surface area contributed by atoms with Gasteiger partial charge in [-0.25, -0.2) is 4.79 Å². The summed E-state index contributed by atoms with van der Waals surface area (Å²) in [6.45, 7) is 13.2. The number of nitrogens with one attached hydrogen (secondary N) is 1. The maximum Gasteiger partial charge on any atom is 0.355 e. The Morgan fingerprint density at radius 2 is 1.75 bits per heavy atom. The number of Topliss-reactive ketones (excluding diaryl/α,β-unsaturated/α-hetero) is 1. The van der Waals surface area contributed by atoms with Gasteiger partial charge in [0.15, 0.2) is 5.78 Å². The van der Waals surface area contributed by atoms with Gasteiger partial charge in [-0.3, -0.25) is 9.59 Å². The van der Waals surface area contributed by atoms with E-state index in [1.54, 1.807) is 32.6 Å². The predicted octanol–water partition coefficient (Wildman–Crippen LogP) is 2.88. The molecule has 6 nitrogen and oxygen atoms in total. The molecule has 0 saturated carbocycles. The molecule has 0 bridgehead atoms. The van der Waals surface area contributed by atoms with E-state index in [9.17, 15) is 14.4 Å². The lowest BCUT2D eigenvalue weighted by atomic mass is 9.99. The predicted molar refractivity (Wildman–Crippen MR) is 92.2 cm³/mol. The van der Waals surface area contributed by atoms with Crippen molar-refractivity contribution in [3.05, 3.63) is 22.5 Å². The molecule has 0 aliphatic rings. The second-order valence-electron chi connectivity index (χ2n) is 6.45. The van der Waals surface area contributed by atoms with Gasteiger partial charge in [-0.2, -0.15) is 0 Å². The van der Waals surface area contributed by atoms with Gasteiger partial charge in [-0.15, -0.1) is 0 Å². The first-order valence-electron chi connectivity index (χ1n) is 8.29. The van der Waals surface area contributed by atoms with Crippen molar-refractivity contribution in [2.45, 2.75) is 54.5 Å². The number of hydrogen-bond acceptors (Lipinski definition) is 4. The van der Waals surface area contributed by atoms with Crippen LogP contribution in [0.1, 0.15) is 66.7 Å². The first kappa shape index (κ1) is 19.9. The van der Waals surface area contributed by atoms with Crippen molar-refractivity contribution >= 4 is 17.7 Å². The lowest BCUT2D eigenvalue weighted by molar-refractivity contribution is -0.130. The molecule has 1 heterocycles. The van der Waals surface area contributed by atoms with Crippen molar-refractivity contribution < 1.29 is 19.1 Å². The molecule has 1 N–H and O–H groups in total. The van der Waals surface area contributed by atoms with Gasteiger partial charge in [0.1, 0.15) is 5.69 Å². The number of aromatic amines is 1. The number of rotatable bonds is 7. The summed E-state index contributed by atoms with van der Waals surface area (Å²) in [5.74, 6) is -0.531. The number of hydrogen-bond donors (Lipinski definition) is 1. The van der Waals surface area contributed by atoms with E-state index in [-0.39, 0.29) is 24.2 Å². The maximum absolute atomic E-state index is 12.9. The SMILES string of the molecule is CCOC(=O)c1[nH]c(C)c(C(=O)[C@@H](C)N(CC(C)C)C(C)=O)c1C. The second-order valence-corrected chi connectivity index (χ2v) is 6.45. The van der Waals surface area contributed by atoms with Crippen LogP contribution in [0.4, 0.5) is 0 Å². The van der Waals surface area contributed by atoms with Crippen LogP contribution < -0.4 is 0 Å². The van der Waals surface area contributed by atoms with Gasteiger partial charge in [-0.1, -0.05) is 13.8 Å². The topological polar surface area (TPSA) is 79.5 Å². The fourth-order valence-corrected chi connectivity index (χ4v) is 2.83. The van der Waals surface area contributed by atoms with Gasteiger partial charge in [0.05, 0.1) is 12.6 Å². The minimum absolute atomic E-state index is 0.138. The standard InChI is InChI=1S/C18H28N2O4/c1-8-24-18(23)16-11(4)15(12(5)19-16)17(22)13(6)20(14(7)21)9-10(2)3/h10,13,19H,8-9H2,1-7H3/t13-/m1/s1. The number of aryl methyl sites for hydroxylation is 1. The normalized spacial score (nSPS) is 12.2. The van der Waals surface area contributed by atoms with E-state index < -0.39 is 12.0 Å². The quantitative estimate of drug-likeness (QED) is 0.613. The largest absolute Gasteiger partial charge is 0.461 e. The smallest absolute Gasteiger partial charge is 0.355 e. The van der Waals surface area contributed by atoms with Crippen LogP contribution >= 0.6 is 0 Å². The molecular formula is C18H28N2O4. The van der Waals surface area contributed by atoms with Gasteiger partial charge in [0, 0.05) is 24.7 Å². The maximum atomic E-state index is 12.9. The first-order valence-corrected chi connectivity index (χ1v) is 8.29. The molecule has 134 valence electrons. The molecular weight excluding hydrogens is 308 g/mol. The fourth-order valence-electron chi connectivity index (χ4n) is 2.83. The third-order valence-corrected chi connectivity index (χ3v) is 3.98. The number of H-pyrrole nitrogens is 1. The Bertz CT molecular complexity index is 631. The highest BCUT2D eigenvalue weighted by atomic mass is 16.5. The number of amides is 1. The van der Waals surface area contributed by atoms with Crippen molar-refractivity contribution in [3.63, 3.8) is 0 Å². The minimum atomic E-state index is -0.590. The van der Waals surface area contributed by atoms with Crippen LogP contribution in [-0.2, 0) is 9.53 Å². The molecule has 1 rings (SSSR count). The van der Waals surface area contributed by atoms with E-state index in [0.29, 0.717) is 29.1 Å². The summed E-state index contributed by atoms with van der Waals surface area (Å²) >= 11 is 0. The zero-order valence-electron chi connectivity index (χ0n) is 15.6. The van der Waals surface area contributed by atoms with Crippen molar-refractivity contribution in [2.75, 3.05) is 13.2 Å². The number of carbonyl (C=O) groups is 3. The van der Waals surface area contributed by atoms with E-state index in [2.05, 4.69) is 4.98 Å². The molecule has 1 aromatic heterocycles. The van der Waals surface area contributed by atoms with Crippen LogP contribution in [0.25, 0.3) is 0 Å². The van der Waals surface area contributed by atoms with Gasteiger partial charge < -0.3 is 14.6 Å². The fraction of sp³-hybridized carbons (Fsp3) is 0.611. The van der Waals surface area contributed by atoms with Crippen LogP contribution in [0.2, 0.25) is 0 Å². The third-order valence-electron chi connectivity index (χ3n) is 3.98. The summed E-state index contributed by atoms with van der Waals surface area (Å²) in [4.78, 5) is 41.4. The molecule has 0 radical (unpaired) electrons. The number of ketones is 1. The number of esters is 1. The second kappa shape index (κ2) is 8.13. The van der Waals surface area contributed by atoms with Crippen molar-refractivity contribution in [2.24, 2.45) is 5.92 Å². The highest BCUT2D eigenvalue weighted by molar-refractivity contribution is 6.06. The molecule has 6 heteroatoms. The average molecular weight is 336 g/mol. The van der Waals surface area contributed by atoms with Crippen molar-refractivity contribution in [3.8, 4) is 0 Å². The molecule has 0 aromatic carbocycles. The van der Waals surface area contributed by atoms with E-state index in [4.69, 9.17) is 4.74 Å². The van der Waals surface area contributed by atoms with Crippen LogP contribution in [0.5, 0.6) is 0 Å². The van der Waals surface area contributed by atoms with Gasteiger partial charge >= 0.3 is 5.97 Å². The number of nitrogens with zero attached hydrogens (tertiary/aromatic N) is 1. The summed E-state index contributed by atoms with van der Waals surface area (Å²) in [6, 6.07) is -0.590. The average Bonchev–Trinajstić information content (AvgIpc) is 2.78. The van der Waals surface area contributed by atoms with Crippen LogP contribution in [0, 0.1) is 19.8 Å². The van der Waals surface area contributed by atoms with E-state index >= 15 is 0 Å². The van der Waals surface area contributed by atoms with Crippen LogP contribution in [0.3, 0.4) is 0 Å². The van der Waals surface area contributed by atoms with E-state index in [0.717, 1.165) is 0 Å². The highest BCUT2D eigenvalue weighted by Gasteiger charge is 2.30. The van der Waals surface area contributed by atoms with Gasteiger partial charge in [0.25, 0.3) is 0 Å². The lowest BCUT2D eigenvalue weighted by Crippen LogP contribution is -2.44. The third kappa shape index (κ3) is 4.24. The molecule has 0 aliphatic carbocycles. The highest BCUT2D eigenvalue weighted by Crippen LogP contribution is 2.22. The zero-order valence-corrected chi connectivity index (χ0v) is 15.6. The van der Waals surface area contributed by atoms with Gasteiger partial charge in [-0.05, 0) is 39.2 Å². The molecule has 0 fully saturated rings. The van der Waals surface area contributed by atoms with E-state index in [1.165, 1.54) is 6.92 Å². The Balaban J connectivity index is 3.18. The molecule has 1 aromatic rings. The van der Waals surface area contributed by atoms with Crippen molar-refractivity contribution in [1.29, 1.82) is 0 Å². The molecule has 1 atom stereocenters. The summed E-state index contributed by atoms with van der Waals surface area (Å²) in [7, 11) is 0. The number of aromatic nitrogens is 1. The molecule has 1 amide bonds. The summed E-state index contributed by atoms with van der Waals surface area (Å²) < 4.78 is 5.01. The number of ether oxygens (including phenoxy) is 1. The molecule has 0 unspecified atom stereocenters. The Labute approximate surface area is 143 Å². The molecule has 24 heavy (non-hydrogen) atoms. The summed E-state index contributed by atoms with van der Waals surface area (Å²) in [5.41, 5.74) is 1.93. The Morgan fingerprint density at radius 3 is 2.21 bits per heavy atom. The first-order chi connectivity index (χ1) is 11.1. The number of carbonyl (C=O) groups excluding carboxylic acids is 3. The lowest BCUT2D eigenvalue weighted by Gasteiger charge is -2.29. The van der Waals surface area contributed by atoms with E-state index in [1.807, 2.05) is 13.8 Å².